The van der Waals surface area contributed by atoms with Crippen molar-refractivity contribution < 1.29 is 4.79 Å². The summed E-state index contributed by atoms with van der Waals surface area (Å²) in [6.07, 6.45) is 11.3. The summed E-state index contributed by atoms with van der Waals surface area (Å²) in [6.45, 7) is 2.30. The third kappa shape index (κ3) is 2.62. The summed E-state index contributed by atoms with van der Waals surface area (Å²) in [5, 5.41) is 0. The molecule has 0 aliphatic heterocycles. The molecule has 0 bridgehead atoms. The minimum absolute atomic E-state index is 0.452. The average molecular weight is 208 g/mol. The maximum absolute atomic E-state index is 11.9. The Morgan fingerprint density at radius 2 is 2.00 bits per heavy atom. The number of hydrogen-bond donors (Lipinski definition) is 0. The van der Waals surface area contributed by atoms with Crippen LogP contribution in [0.3, 0.4) is 0 Å². The van der Waals surface area contributed by atoms with E-state index in [1.807, 2.05) is 0 Å². The first-order valence-electron chi connectivity index (χ1n) is 6.84. The van der Waals surface area contributed by atoms with E-state index in [0.29, 0.717) is 11.7 Å². The summed E-state index contributed by atoms with van der Waals surface area (Å²) in [5.74, 6) is 2.70. The van der Waals surface area contributed by atoms with Crippen molar-refractivity contribution in [3.05, 3.63) is 0 Å². The quantitative estimate of drug-likeness (QED) is 0.671. The van der Waals surface area contributed by atoms with Crippen LogP contribution in [-0.2, 0) is 4.79 Å². The van der Waals surface area contributed by atoms with Crippen LogP contribution in [0.5, 0.6) is 0 Å². The number of carbonyl (C=O) groups excluding carboxylic acids is 1. The van der Waals surface area contributed by atoms with Crippen LogP contribution in [0.1, 0.15) is 64.7 Å². The zero-order valence-electron chi connectivity index (χ0n) is 10.0. The molecule has 0 aromatic rings. The van der Waals surface area contributed by atoms with Gasteiger partial charge < -0.3 is 0 Å². The largest absolute Gasteiger partial charge is 0.299 e. The first-order chi connectivity index (χ1) is 7.31. The molecule has 0 spiro atoms. The maximum Gasteiger partial charge on any atom is 0.136 e. The highest BCUT2D eigenvalue weighted by atomic mass is 16.1. The van der Waals surface area contributed by atoms with E-state index < -0.39 is 0 Å². The van der Waals surface area contributed by atoms with E-state index >= 15 is 0 Å². The van der Waals surface area contributed by atoms with Crippen molar-refractivity contribution in [2.75, 3.05) is 0 Å². The van der Waals surface area contributed by atoms with E-state index in [1.54, 1.807) is 0 Å². The van der Waals surface area contributed by atoms with Crippen molar-refractivity contribution in [2.24, 2.45) is 17.8 Å². The zero-order valence-corrected chi connectivity index (χ0v) is 10.0. The first-order valence-corrected chi connectivity index (χ1v) is 6.84. The number of hydrogen-bond acceptors (Lipinski definition) is 1. The average Bonchev–Trinajstić information content (AvgIpc) is 2.30. The fraction of sp³-hybridized carbons (Fsp3) is 0.929. The second-order valence-electron chi connectivity index (χ2n) is 5.52. The topological polar surface area (TPSA) is 17.1 Å². The predicted octanol–water partition coefficient (Wildman–Crippen LogP) is 3.96. The lowest BCUT2D eigenvalue weighted by atomic mass is 9.69. The Bertz CT molecular complexity index is 221. The minimum atomic E-state index is 0.452. The SMILES string of the molecule is CCC1CCCC(C2CCCCC2=O)C1. The van der Waals surface area contributed by atoms with Crippen LogP contribution in [0.15, 0.2) is 0 Å². The standard InChI is InChI=1S/C14H24O/c1-2-11-6-5-7-12(10-11)13-8-3-4-9-14(13)15/h11-13H,2-10H2,1H3. The smallest absolute Gasteiger partial charge is 0.136 e. The molecule has 2 aliphatic carbocycles. The van der Waals surface area contributed by atoms with Crippen LogP contribution < -0.4 is 0 Å². The van der Waals surface area contributed by atoms with E-state index in [-0.39, 0.29) is 0 Å². The second-order valence-corrected chi connectivity index (χ2v) is 5.52. The van der Waals surface area contributed by atoms with Gasteiger partial charge in [-0.25, -0.2) is 0 Å². The Morgan fingerprint density at radius 3 is 2.73 bits per heavy atom. The summed E-state index contributed by atoms with van der Waals surface area (Å²) in [6, 6.07) is 0. The molecule has 2 rings (SSSR count). The molecule has 2 fully saturated rings. The molecular weight excluding hydrogens is 184 g/mol. The number of rotatable bonds is 2. The molecule has 0 N–H and O–H groups in total. The Kier molecular flexibility index (Phi) is 3.82. The molecule has 2 saturated carbocycles. The van der Waals surface area contributed by atoms with Crippen LogP contribution in [0.25, 0.3) is 0 Å². The first kappa shape index (κ1) is 11.2. The summed E-state index contributed by atoms with van der Waals surface area (Å²) >= 11 is 0. The van der Waals surface area contributed by atoms with Crippen molar-refractivity contribution >= 4 is 5.78 Å². The van der Waals surface area contributed by atoms with Gasteiger partial charge in [0.25, 0.3) is 0 Å². The second kappa shape index (κ2) is 5.14. The highest BCUT2D eigenvalue weighted by molar-refractivity contribution is 5.81. The van der Waals surface area contributed by atoms with E-state index in [1.165, 1.54) is 44.9 Å². The van der Waals surface area contributed by atoms with Crippen molar-refractivity contribution in [1.82, 2.24) is 0 Å². The Balaban J connectivity index is 1.93. The van der Waals surface area contributed by atoms with E-state index in [4.69, 9.17) is 0 Å². The van der Waals surface area contributed by atoms with Gasteiger partial charge in [0.2, 0.25) is 0 Å². The van der Waals surface area contributed by atoms with Crippen molar-refractivity contribution in [3.63, 3.8) is 0 Å². The van der Waals surface area contributed by atoms with Crippen molar-refractivity contribution in [2.45, 2.75) is 64.7 Å². The fourth-order valence-corrected chi connectivity index (χ4v) is 3.58. The Labute approximate surface area is 93.6 Å². The third-order valence-corrected chi connectivity index (χ3v) is 4.57. The third-order valence-electron chi connectivity index (χ3n) is 4.57. The van der Waals surface area contributed by atoms with E-state index in [2.05, 4.69) is 6.92 Å². The lowest BCUT2D eigenvalue weighted by Crippen LogP contribution is -2.30. The molecule has 3 unspecified atom stereocenters. The summed E-state index contributed by atoms with van der Waals surface area (Å²) in [4.78, 5) is 11.9. The van der Waals surface area contributed by atoms with Crippen LogP contribution >= 0.6 is 0 Å². The summed E-state index contributed by atoms with van der Waals surface area (Å²) in [5.41, 5.74) is 0. The summed E-state index contributed by atoms with van der Waals surface area (Å²) < 4.78 is 0. The molecule has 86 valence electrons. The molecule has 1 heteroatoms. The maximum atomic E-state index is 11.9. The van der Waals surface area contributed by atoms with Gasteiger partial charge in [-0.05, 0) is 37.5 Å². The Morgan fingerprint density at radius 1 is 1.13 bits per heavy atom. The van der Waals surface area contributed by atoms with Crippen LogP contribution in [0.2, 0.25) is 0 Å². The summed E-state index contributed by atoms with van der Waals surface area (Å²) in [7, 11) is 0. The van der Waals surface area contributed by atoms with Gasteiger partial charge in [-0.2, -0.15) is 0 Å². The van der Waals surface area contributed by atoms with Gasteiger partial charge in [0.1, 0.15) is 5.78 Å². The van der Waals surface area contributed by atoms with Crippen molar-refractivity contribution in [1.29, 1.82) is 0 Å². The highest BCUT2D eigenvalue weighted by Crippen LogP contribution is 2.39. The number of ketones is 1. The monoisotopic (exact) mass is 208 g/mol. The van der Waals surface area contributed by atoms with Gasteiger partial charge >= 0.3 is 0 Å². The normalized spacial score (nSPS) is 37.9. The molecule has 1 nitrogen and oxygen atoms in total. The molecule has 0 aromatic heterocycles. The van der Waals surface area contributed by atoms with Crippen molar-refractivity contribution in [3.8, 4) is 0 Å². The predicted molar refractivity (Wildman–Crippen MR) is 62.7 cm³/mol. The van der Waals surface area contributed by atoms with Gasteiger partial charge in [-0.15, -0.1) is 0 Å². The van der Waals surface area contributed by atoms with Gasteiger partial charge in [-0.3, -0.25) is 4.79 Å². The molecule has 0 radical (unpaired) electrons. The highest BCUT2D eigenvalue weighted by Gasteiger charge is 2.33. The van der Waals surface area contributed by atoms with Gasteiger partial charge in [0.05, 0.1) is 0 Å². The van der Waals surface area contributed by atoms with Gasteiger partial charge in [0, 0.05) is 12.3 Å². The lowest BCUT2D eigenvalue weighted by molar-refractivity contribution is -0.127. The molecule has 0 saturated heterocycles. The van der Waals surface area contributed by atoms with Gasteiger partial charge in [0.15, 0.2) is 0 Å². The van der Waals surface area contributed by atoms with E-state index in [9.17, 15) is 4.79 Å². The van der Waals surface area contributed by atoms with Crippen LogP contribution in [-0.4, -0.2) is 5.78 Å². The van der Waals surface area contributed by atoms with E-state index in [0.717, 1.165) is 24.7 Å². The minimum Gasteiger partial charge on any atom is -0.299 e. The fourth-order valence-electron chi connectivity index (χ4n) is 3.58. The molecule has 15 heavy (non-hydrogen) atoms. The molecule has 0 aromatic carbocycles. The van der Waals surface area contributed by atoms with Crippen LogP contribution in [0, 0.1) is 17.8 Å². The Hall–Kier alpha value is -0.330. The molecule has 0 amide bonds. The number of carbonyl (C=O) groups is 1. The zero-order chi connectivity index (χ0) is 10.7. The molecule has 3 atom stereocenters. The van der Waals surface area contributed by atoms with Crippen LogP contribution in [0.4, 0.5) is 0 Å². The molecular formula is C14H24O. The molecule has 2 aliphatic rings. The molecule has 0 heterocycles. The lowest BCUT2D eigenvalue weighted by Gasteiger charge is -2.35. The van der Waals surface area contributed by atoms with Gasteiger partial charge in [-0.1, -0.05) is 32.6 Å². The number of Topliss-reactive ketones (excluding diaryl/α,β-unsaturated/α-hetero) is 1.